The fourth-order valence-electron chi connectivity index (χ4n) is 1.63. The van der Waals surface area contributed by atoms with Gasteiger partial charge in [-0.1, -0.05) is 30.0 Å². The lowest BCUT2D eigenvalue weighted by Crippen LogP contribution is -1.82. The molecule has 19 heavy (non-hydrogen) atoms. The second kappa shape index (κ2) is 5.23. The van der Waals surface area contributed by atoms with Gasteiger partial charge in [0.25, 0.3) is 0 Å². The number of nitrogens with one attached hydrogen (secondary N) is 1. The molecule has 0 saturated heterocycles. The molecule has 0 saturated carbocycles. The summed E-state index contributed by atoms with van der Waals surface area (Å²) in [6, 6.07) is 7.92. The highest BCUT2D eigenvalue weighted by Crippen LogP contribution is 2.24. The van der Waals surface area contributed by atoms with E-state index in [1.54, 1.807) is 0 Å². The van der Waals surface area contributed by atoms with E-state index in [2.05, 4.69) is 25.4 Å². The number of aryl methyl sites for hydroxylation is 1. The number of benzene rings is 1. The summed E-state index contributed by atoms with van der Waals surface area (Å²) < 4.78 is 5.64. The van der Waals surface area contributed by atoms with Gasteiger partial charge in [-0.3, -0.25) is 5.10 Å². The van der Waals surface area contributed by atoms with Gasteiger partial charge in [-0.2, -0.15) is 5.10 Å². The van der Waals surface area contributed by atoms with Gasteiger partial charge in [0, 0.05) is 5.56 Å². The van der Waals surface area contributed by atoms with Crippen molar-refractivity contribution in [2.45, 2.75) is 17.8 Å². The highest BCUT2D eigenvalue weighted by molar-refractivity contribution is 7.98. The number of nitrogens with zero attached hydrogens (tertiary/aromatic N) is 4. The van der Waals surface area contributed by atoms with E-state index in [9.17, 15) is 0 Å². The van der Waals surface area contributed by atoms with E-state index < -0.39 is 0 Å². The Kier molecular flexibility index (Phi) is 3.28. The summed E-state index contributed by atoms with van der Waals surface area (Å²) in [5, 5.41) is 15.4. The first kappa shape index (κ1) is 11.9. The molecule has 0 aliphatic carbocycles. The van der Waals surface area contributed by atoms with Crippen LogP contribution in [0.2, 0.25) is 0 Å². The third-order valence-electron chi connectivity index (χ3n) is 2.57. The van der Waals surface area contributed by atoms with Gasteiger partial charge in [0.05, 0.1) is 5.75 Å². The highest BCUT2D eigenvalue weighted by Gasteiger charge is 2.11. The van der Waals surface area contributed by atoms with Gasteiger partial charge < -0.3 is 4.42 Å². The number of aromatic nitrogens is 5. The molecular weight excluding hydrogens is 262 g/mol. The van der Waals surface area contributed by atoms with Crippen molar-refractivity contribution in [3.8, 4) is 11.5 Å². The standard InChI is InChI=1S/C12H11N5OS/c1-8-4-2-3-5-9(8)11-16-15-10(18-11)6-19-12-13-7-14-17-12/h2-5,7H,6H2,1H3,(H,13,14,17). The highest BCUT2D eigenvalue weighted by atomic mass is 32.2. The van der Waals surface area contributed by atoms with E-state index in [4.69, 9.17) is 4.42 Å². The van der Waals surface area contributed by atoms with Crippen LogP contribution in [0.5, 0.6) is 0 Å². The first-order chi connectivity index (χ1) is 9.33. The molecule has 0 atom stereocenters. The van der Waals surface area contributed by atoms with Crippen LogP contribution in [0, 0.1) is 6.92 Å². The van der Waals surface area contributed by atoms with Gasteiger partial charge in [0.1, 0.15) is 6.33 Å². The lowest BCUT2D eigenvalue weighted by atomic mass is 10.1. The van der Waals surface area contributed by atoms with Crippen molar-refractivity contribution in [1.82, 2.24) is 25.4 Å². The minimum absolute atomic E-state index is 0.547. The van der Waals surface area contributed by atoms with Gasteiger partial charge in [0.15, 0.2) is 5.16 Å². The Morgan fingerprint density at radius 1 is 1.26 bits per heavy atom. The molecule has 6 nitrogen and oxygen atoms in total. The van der Waals surface area contributed by atoms with Gasteiger partial charge in [-0.05, 0) is 18.6 Å². The summed E-state index contributed by atoms with van der Waals surface area (Å²) in [5.41, 5.74) is 2.08. The molecule has 3 aromatic rings. The molecule has 3 rings (SSSR count). The fourth-order valence-corrected chi connectivity index (χ4v) is 2.24. The van der Waals surface area contributed by atoms with Gasteiger partial charge in [-0.15, -0.1) is 10.2 Å². The maximum Gasteiger partial charge on any atom is 0.248 e. The number of rotatable bonds is 4. The van der Waals surface area contributed by atoms with Crippen LogP contribution in [0.15, 0.2) is 40.2 Å². The minimum atomic E-state index is 0.547. The summed E-state index contributed by atoms with van der Waals surface area (Å²) in [6.07, 6.45) is 1.47. The molecule has 0 radical (unpaired) electrons. The molecule has 0 spiro atoms. The van der Waals surface area contributed by atoms with Crippen molar-refractivity contribution >= 4 is 11.8 Å². The Morgan fingerprint density at radius 3 is 2.95 bits per heavy atom. The monoisotopic (exact) mass is 273 g/mol. The predicted molar refractivity (Wildman–Crippen MR) is 70.4 cm³/mol. The van der Waals surface area contributed by atoms with Crippen LogP contribution in [-0.4, -0.2) is 25.4 Å². The third-order valence-corrected chi connectivity index (χ3v) is 3.43. The van der Waals surface area contributed by atoms with Crippen molar-refractivity contribution in [1.29, 1.82) is 0 Å². The summed E-state index contributed by atoms with van der Waals surface area (Å²) in [4.78, 5) is 4.02. The number of H-pyrrole nitrogens is 1. The van der Waals surface area contributed by atoms with Crippen LogP contribution >= 0.6 is 11.8 Å². The molecule has 1 aromatic carbocycles. The molecule has 1 N–H and O–H groups in total. The molecule has 0 aliphatic heterocycles. The summed E-state index contributed by atoms with van der Waals surface area (Å²) in [7, 11) is 0. The molecule has 0 fully saturated rings. The minimum Gasteiger partial charge on any atom is -0.420 e. The van der Waals surface area contributed by atoms with E-state index >= 15 is 0 Å². The lowest BCUT2D eigenvalue weighted by molar-refractivity contribution is 0.528. The quantitative estimate of drug-likeness (QED) is 0.735. The average molecular weight is 273 g/mol. The summed E-state index contributed by atoms with van der Waals surface area (Å²) >= 11 is 1.47. The van der Waals surface area contributed by atoms with Crippen LogP contribution in [-0.2, 0) is 5.75 Å². The maximum atomic E-state index is 5.64. The predicted octanol–water partition coefficient (Wildman–Crippen LogP) is 2.46. The number of hydrogen-bond donors (Lipinski definition) is 1. The van der Waals surface area contributed by atoms with E-state index in [1.807, 2.05) is 31.2 Å². The second-order valence-electron chi connectivity index (χ2n) is 3.90. The van der Waals surface area contributed by atoms with E-state index in [-0.39, 0.29) is 0 Å². The van der Waals surface area contributed by atoms with Gasteiger partial charge >= 0.3 is 0 Å². The Morgan fingerprint density at radius 2 is 2.16 bits per heavy atom. The number of thioether (sulfide) groups is 1. The van der Waals surface area contributed by atoms with E-state index in [0.29, 0.717) is 17.5 Å². The zero-order valence-corrected chi connectivity index (χ0v) is 11.0. The first-order valence-electron chi connectivity index (χ1n) is 5.69. The Balaban J connectivity index is 1.75. The average Bonchev–Trinajstić information content (AvgIpc) is 3.08. The molecule has 7 heteroatoms. The number of aromatic amines is 1. The van der Waals surface area contributed by atoms with Crippen molar-refractivity contribution < 1.29 is 4.42 Å². The summed E-state index contributed by atoms with van der Waals surface area (Å²) in [6.45, 7) is 2.02. The fraction of sp³-hybridized carbons (Fsp3) is 0.167. The largest absolute Gasteiger partial charge is 0.420 e. The van der Waals surface area contributed by atoms with Crippen LogP contribution in [0.4, 0.5) is 0 Å². The Hall–Kier alpha value is -2.15. The zero-order valence-electron chi connectivity index (χ0n) is 10.2. The third kappa shape index (κ3) is 2.65. The topological polar surface area (TPSA) is 80.5 Å². The second-order valence-corrected chi connectivity index (χ2v) is 4.86. The molecule has 2 heterocycles. The van der Waals surface area contributed by atoms with E-state index in [0.717, 1.165) is 16.3 Å². The zero-order chi connectivity index (χ0) is 13.1. The normalized spacial score (nSPS) is 10.8. The lowest BCUT2D eigenvalue weighted by Gasteiger charge is -1.98. The van der Waals surface area contributed by atoms with Crippen molar-refractivity contribution in [2.75, 3.05) is 0 Å². The number of hydrogen-bond acceptors (Lipinski definition) is 6. The SMILES string of the molecule is Cc1ccccc1-c1nnc(CSc2ncn[nH]2)o1. The van der Waals surface area contributed by atoms with E-state index in [1.165, 1.54) is 18.1 Å². The van der Waals surface area contributed by atoms with Crippen molar-refractivity contribution in [3.05, 3.63) is 42.0 Å². The molecule has 96 valence electrons. The molecular formula is C12H11N5OS. The molecule has 0 amide bonds. The van der Waals surface area contributed by atoms with Crippen LogP contribution in [0.1, 0.15) is 11.5 Å². The van der Waals surface area contributed by atoms with Crippen LogP contribution in [0.25, 0.3) is 11.5 Å². The smallest absolute Gasteiger partial charge is 0.248 e. The maximum absolute atomic E-state index is 5.64. The van der Waals surface area contributed by atoms with Crippen molar-refractivity contribution in [3.63, 3.8) is 0 Å². The first-order valence-corrected chi connectivity index (χ1v) is 6.68. The van der Waals surface area contributed by atoms with Crippen LogP contribution in [0.3, 0.4) is 0 Å². The molecule has 0 bridgehead atoms. The molecule has 0 unspecified atom stereocenters. The Bertz CT molecular complexity index is 664. The summed E-state index contributed by atoms with van der Waals surface area (Å²) in [5.74, 6) is 1.68. The van der Waals surface area contributed by atoms with Gasteiger partial charge in [-0.25, -0.2) is 4.98 Å². The van der Waals surface area contributed by atoms with Crippen LogP contribution < -0.4 is 0 Å². The Labute approximate surface area is 113 Å². The van der Waals surface area contributed by atoms with Crippen molar-refractivity contribution in [2.24, 2.45) is 0 Å². The molecule has 0 aliphatic rings. The molecule has 2 aromatic heterocycles. The van der Waals surface area contributed by atoms with Gasteiger partial charge in [0.2, 0.25) is 11.8 Å².